The van der Waals surface area contributed by atoms with Gasteiger partial charge in [0.15, 0.2) is 0 Å². The van der Waals surface area contributed by atoms with E-state index < -0.39 is 17.1 Å². The van der Waals surface area contributed by atoms with Crippen LogP contribution in [0.15, 0.2) is 10.7 Å². The van der Waals surface area contributed by atoms with Gasteiger partial charge >= 0.3 is 5.97 Å². The topological polar surface area (TPSA) is 59.7 Å². The first-order valence-electron chi connectivity index (χ1n) is 7.76. The molecule has 1 heterocycles. The molecule has 0 aromatic carbocycles. The van der Waals surface area contributed by atoms with E-state index in [1.54, 1.807) is 6.26 Å². The van der Waals surface area contributed by atoms with Crippen LogP contribution in [0.1, 0.15) is 63.0 Å². The monoisotopic (exact) mass is 292 g/mol. The molecule has 1 N–H and O–H groups in total. The number of rotatable bonds is 1. The van der Waals surface area contributed by atoms with Crippen molar-refractivity contribution in [3.8, 4) is 0 Å². The maximum Gasteiger partial charge on any atom is 0.303 e. The van der Waals surface area contributed by atoms with Gasteiger partial charge in [0.25, 0.3) is 0 Å². The van der Waals surface area contributed by atoms with E-state index in [1.165, 1.54) is 6.92 Å². The van der Waals surface area contributed by atoms with Crippen molar-refractivity contribution < 1.29 is 19.1 Å². The number of carbonyl (C=O) groups excluding carboxylic acids is 1. The van der Waals surface area contributed by atoms with Crippen molar-refractivity contribution in [2.24, 2.45) is 11.3 Å². The van der Waals surface area contributed by atoms with Gasteiger partial charge in [-0.05, 0) is 31.2 Å². The van der Waals surface area contributed by atoms with Crippen LogP contribution in [0.5, 0.6) is 0 Å². The van der Waals surface area contributed by atoms with Crippen LogP contribution in [0.4, 0.5) is 0 Å². The molecule has 2 aliphatic carbocycles. The summed E-state index contributed by atoms with van der Waals surface area (Å²) >= 11 is 0. The van der Waals surface area contributed by atoms with E-state index in [0.717, 1.165) is 36.1 Å². The summed E-state index contributed by atoms with van der Waals surface area (Å²) < 4.78 is 11.3. The van der Waals surface area contributed by atoms with Gasteiger partial charge in [-0.15, -0.1) is 0 Å². The zero-order valence-corrected chi connectivity index (χ0v) is 13.2. The van der Waals surface area contributed by atoms with Crippen LogP contribution < -0.4 is 0 Å². The number of carbonyl (C=O) groups is 1. The molecule has 0 unspecified atom stereocenters. The van der Waals surface area contributed by atoms with Crippen LogP contribution in [0.25, 0.3) is 0 Å². The molecular formula is C17H24O4. The molecule has 4 atom stereocenters. The van der Waals surface area contributed by atoms with Gasteiger partial charge in [0, 0.05) is 24.3 Å². The average Bonchev–Trinajstić information content (AvgIpc) is 2.73. The van der Waals surface area contributed by atoms with Crippen LogP contribution in [-0.4, -0.2) is 16.7 Å². The quantitative estimate of drug-likeness (QED) is 0.807. The summed E-state index contributed by atoms with van der Waals surface area (Å²) in [5.41, 5.74) is 0.615. The largest absolute Gasteiger partial charge is 0.469 e. The third kappa shape index (κ3) is 1.88. The van der Waals surface area contributed by atoms with Gasteiger partial charge in [0.2, 0.25) is 0 Å². The first-order chi connectivity index (χ1) is 9.79. The molecule has 1 aromatic heterocycles. The number of esters is 1. The SMILES string of the molecule is CC(=O)O[C@@H]1c2c(C)coc2C[C@@]2(O)CCC[C@H](C)[C@@]12C. The van der Waals surface area contributed by atoms with Crippen LogP contribution in [0.2, 0.25) is 0 Å². The second kappa shape index (κ2) is 4.60. The standard InChI is InChI=1S/C17H24O4/c1-10-9-20-13-8-17(19)7-5-6-11(2)16(17,4)15(14(10)13)21-12(3)18/h9,11,15,19H,5-8H2,1-4H3/t11-,15+,16-,17-/m0/s1. The number of aliphatic hydroxyl groups is 1. The van der Waals surface area contributed by atoms with Crippen LogP contribution in [-0.2, 0) is 16.0 Å². The first-order valence-corrected chi connectivity index (χ1v) is 7.76. The summed E-state index contributed by atoms with van der Waals surface area (Å²) in [6, 6.07) is 0. The van der Waals surface area contributed by atoms with Crippen molar-refractivity contribution in [3.63, 3.8) is 0 Å². The second-order valence-corrected chi connectivity index (χ2v) is 7.03. The lowest BCUT2D eigenvalue weighted by atomic mass is 9.51. The molecule has 0 aliphatic heterocycles. The summed E-state index contributed by atoms with van der Waals surface area (Å²) in [6.45, 7) is 7.63. The summed E-state index contributed by atoms with van der Waals surface area (Å²) in [6.07, 6.45) is 4.55. The molecule has 0 bridgehead atoms. The summed E-state index contributed by atoms with van der Waals surface area (Å²) in [5, 5.41) is 11.3. The zero-order valence-electron chi connectivity index (χ0n) is 13.2. The fraction of sp³-hybridized carbons (Fsp3) is 0.706. The van der Waals surface area contributed by atoms with E-state index in [1.807, 2.05) is 6.92 Å². The minimum Gasteiger partial charge on any atom is -0.469 e. The van der Waals surface area contributed by atoms with E-state index in [4.69, 9.17) is 9.15 Å². The molecule has 0 saturated heterocycles. The fourth-order valence-electron chi connectivity index (χ4n) is 4.42. The van der Waals surface area contributed by atoms with Gasteiger partial charge < -0.3 is 14.3 Å². The lowest BCUT2D eigenvalue weighted by Crippen LogP contribution is -2.60. The highest BCUT2D eigenvalue weighted by Crippen LogP contribution is 2.61. The Labute approximate surface area is 125 Å². The molecule has 116 valence electrons. The van der Waals surface area contributed by atoms with Gasteiger partial charge in [-0.25, -0.2) is 0 Å². The minimum absolute atomic E-state index is 0.281. The van der Waals surface area contributed by atoms with Crippen LogP contribution in [0.3, 0.4) is 0 Å². The van der Waals surface area contributed by atoms with Gasteiger partial charge in [-0.3, -0.25) is 4.79 Å². The molecular weight excluding hydrogens is 268 g/mol. The maximum atomic E-state index is 11.6. The highest BCUT2D eigenvalue weighted by molar-refractivity contribution is 5.66. The summed E-state index contributed by atoms with van der Waals surface area (Å²) in [7, 11) is 0. The predicted molar refractivity (Wildman–Crippen MR) is 77.7 cm³/mol. The van der Waals surface area contributed by atoms with Gasteiger partial charge in [0.1, 0.15) is 11.9 Å². The number of hydrogen-bond donors (Lipinski definition) is 1. The lowest BCUT2D eigenvalue weighted by molar-refractivity contribution is -0.211. The summed E-state index contributed by atoms with van der Waals surface area (Å²) in [4.78, 5) is 11.6. The molecule has 1 aromatic rings. The molecule has 0 radical (unpaired) electrons. The van der Waals surface area contributed by atoms with E-state index in [0.29, 0.717) is 6.42 Å². The predicted octanol–water partition coefficient (Wildman–Crippen LogP) is 3.31. The third-order valence-corrected chi connectivity index (χ3v) is 5.90. The van der Waals surface area contributed by atoms with Gasteiger partial charge in [0.05, 0.1) is 11.9 Å². The number of fused-ring (bicyclic) bond motifs is 2. The highest BCUT2D eigenvalue weighted by Gasteiger charge is 2.62. The number of ether oxygens (including phenoxy) is 1. The van der Waals surface area contributed by atoms with Crippen molar-refractivity contribution in [2.75, 3.05) is 0 Å². The molecule has 4 heteroatoms. The van der Waals surface area contributed by atoms with Crippen molar-refractivity contribution in [1.29, 1.82) is 0 Å². The second-order valence-electron chi connectivity index (χ2n) is 7.03. The Hall–Kier alpha value is -1.29. The minimum atomic E-state index is -0.873. The van der Waals surface area contributed by atoms with E-state index in [-0.39, 0.29) is 11.9 Å². The number of furan rings is 1. The summed E-state index contributed by atoms with van der Waals surface area (Å²) in [5.74, 6) is 0.741. The van der Waals surface area contributed by atoms with Crippen LogP contribution in [0, 0.1) is 18.3 Å². The van der Waals surface area contributed by atoms with Crippen LogP contribution >= 0.6 is 0 Å². The van der Waals surface area contributed by atoms with E-state index in [9.17, 15) is 9.90 Å². The highest BCUT2D eigenvalue weighted by atomic mass is 16.5. The van der Waals surface area contributed by atoms with Gasteiger partial charge in [-0.2, -0.15) is 0 Å². The Balaban J connectivity index is 2.19. The Morgan fingerprint density at radius 2 is 2.24 bits per heavy atom. The molecule has 1 saturated carbocycles. The van der Waals surface area contributed by atoms with Crippen molar-refractivity contribution in [2.45, 2.75) is 65.1 Å². The molecule has 0 amide bonds. The van der Waals surface area contributed by atoms with E-state index >= 15 is 0 Å². The Bertz CT molecular complexity index is 575. The molecule has 2 aliphatic rings. The molecule has 3 rings (SSSR count). The van der Waals surface area contributed by atoms with Crippen molar-refractivity contribution in [1.82, 2.24) is 0 Å². The average molecular weight is 292 g/mol. The Morgan fingerprint density at radius 1 is 1.52 bits per heavy atom. The molecule has 1 fully saturated rings. The molecule has 0 spiro atoms. The van der Waals surface area contributed by atoms with Crippen molar-refractivity contribution >= 4 is 5.97 Å². The maximum absolute atomic E-state index is 11.6. The smallest absolute Gasteiger partial charge is 0.303 e. The third-order valence-electron chi connectivity index (χ3n) is 5.90. The van der Waals surface area contributed by atoms with Crippen molar-refractivity contribution in [3.05, 3.63) is 23.2 Å². The first kappa shape index (κ1) is 14.6. The lowest BCUT2D eigenvalue weighted by Gasteiger charge is -2.57. The van der Waals surface area contributed by atoms with E-state index in [2.05, 4.69) is 13.8 Å². The Morgan fingerprint density at radius 3 is 2.90 bits per heavy atom. The fourth-order valence-corrected chi connectivity index (χ4v) is 4.42. The number of hydrogen-bond acceptors (Lipinski definition) is 4. The molecule has 4 nitrogen and oxygen atoms in total. The molecule has 21 heavy (non-hydrogen) atoms. The number of aryl methyl sites for hydroxylation is 1. The van der Waals surface area contributed by atoms with Gasteiger partial charge in [-0.1, -0.05) is 20.3 Å². The zero-order chi connectivity index (χ0) is 15.4. The normalized spacial score (nSPS) is 38.5. The Kier molecular flexibility index (Phi) is 3.21.